The molecule has 0 unspecified atom stereocenters. The third kappa shape index (κ3) is 3.28. The van der Waals surface area contributed by atoms with Crippen molar-refractivity contribution in [3.8, 4) is 22.9 Å². The van der Waals surface area contributed by atoms with Crippen LogP contribution in [0.2, 0.25) is 5.02 Å². The Kier molecular flexibility index (Phi) is 4.73. The van der Waals surface area contributed by atoms with Gasteiger partial charge in [-0.3, -0.25) is 4.90 Å². The lowest BCUT2D eigenvalue weighted by atomic mass is 10.2. The lowest BCUT2D eigenvalue weighted by Gasteiger charge is -2.17. The Balaban J connectivity index is 1.84. The van der Waals surface area contributed by atoms with Crippen molar-refractivity contribution in [2.75, 3.05) is 20.8 Å². The Morgan fingerprint density at radius 3 is 2.83 bits per heavy atom. The molecule has 1 aliphatic rings. The number of ether oxygens (including phenoxy) is 2. The van der Waals surface area contributed by atoms with Crippen LogP contribution in [0, 0.1) is 0 Å². The summed E-state index contributed by atoms with van der Waals surface area (Å²) in [5, 5.41) is 4.50. The highest BCUT2D eigenvalue weighted by molar-refractivity contribution is 6.32. The average molecular weight is 338 g/mol. The molecule has 1 fully saturated rings. The Labute approximate surface area is 140 Å². The molecule has 1 aromatic heterocycles. The second-order valence-electron chi connectivity index (χ2n) is 5.67. The first-order chi connectivity index (χ1) is 11.1. The van der Waals surface area contributed by atoms with Crippen LogP contribution in [0.4, 0.5) is 0 Å². The van der Waals surface area contributed by atoms with E-state index in [0.29, 0.717) is 40.8 Å². The van der Waals surface area contributed by atoms with Crippen LogP contribution in [0.5, 0.6) is 11.5 Å². The summed E-state index contributed by atoms with van der Waals surface area (Å²) in [5.74, 6) is 2.14. The van der Waals surface area contributed by atoms with Gasteiger partial charge < -0.3 is 14.0 Å². The lowest BCUT2D eigenvalue weighted by molar-refractivity contribution is 0.221. The van der Waals surface area contributed by atoms with Gasteiger partial charge in [-0.1, -0.05) is 16.8 Å². The number of methoxy groups -OCH3 is 2. The molecule has 3 rings (SSSR count). The third-order valence-corrected chi connectivity index (χ3v) is 4.47. The van der Waals surface area contributed by atoms with E-state index in [4.69, 9.17) is 25.6 Å². The van der Waals surface area contributed by atoms with Crippen LogP contribution in [0.15, 0.2) is 16.7 Å². The fraction of sp³-hybridized carbons (Fsp3) is 0.500. The van der Waals surface area contributed by atoms with Crippen molar-refractivity contribution in [1.82, 2.24) is 15.0 Å². The molecule has 2 aromatic rings. The van der Waals surface area contributed by atoms with E-state index in [2.05, 4.69) is 22.0 Å². The number of rotatable bonds is 5. The largest absolute Gasteiger partial charge is 0.493 e. The number of nitrogens with zero attached hydrogens (tertiary/aromatic N) is 3. The van der Waals surface area contributed by atoms with E-state index in [1.165, 1.54) is 12.8 Å². The van der Waals surface area contributed by atoms with Gasteiger partial charge in [-0.05, 0) is 38.4 Å². The van der Waals surface area contributed by atoms with Gasteiger partial charge in [0.15, 0.2) is 11.5 Å². The van der Waals surface area contributed by atoms with Crippen LogP contribution in [-0.4, -0.2) is 41.8 Å². The molecule has 0 aliphatic carbocycles. The van der Waals surface area contributed by atoms with Crippen molar-refractivity contribution in [2.24, 2.45) is 0 Å². The van der Waals surface area contributed by atoms with Crippen molar-refractivity contribution in [3.63, 3.8) is 0 Å². The molecule has 6 nitrogen and oxygen atoms in total. The van der Waals surface area contributed by atoms with E-state index in [9.17, 15) is 0 Å². The number of benzene rings is 1. The predicted molar refractivity (Wildman–Crippen MR) is 87.0 cm³/mol. The van der Waals surface area contributed by atoms with Crippen LogP contribution in [-0.2, 0) is 6.54 Å². The molecule has 7 heteroatoms. The molecule has 0 bridgehead atoms. The summed E-state index contributed by atoms with van der Waals surface area (Å²) in [5.41, 5.74) is 0.733. The SMILES string of the molecule is COc1cc(-c2noc(CN3CCC[C@H]3C)n2)cc(Cl)c1OC. The molecule has 1 saturated heterocycles. The topological polar surface area (TPSA) is 60.6 Å². The van der Waals surface area contributed by atoms with Gasteiger partial charge in [-0.15, -0.1) is 0 Å². The summed E-state index contributed by atoms with van der Waals surface area (Å²) in [7, 11) is 3.11. The first kappa shape index (κ1) is 16.1. The Morgan fingerprint density at radius 2 is 2.17 bits per heavy atom. The maximum atomic E-state index is 6.23. The summed E-state index contributed by atoms with van der Waals surface area (Å²) in [6.07, 6.45) is 2.43. The van der Waals surface area contributed by atoms with Gasteiger partial charge in [-0.2, -0.15) is 4.98 Å². The standard InChI is InChI=1S/C16H20ClN3O3/c1-10-5-4-6-20(10)9-14-18-16(19-23-14)11-7-12(17)15(22-3)13(8-11)21-2/h7-8,10H,4-6,9H2,1-3H3/t10-/m1/s1. The maximum absolute atomic E-state index is 6.23. The third-order valence-electron chi connectivity index (χ3n) is 4.19. The first-order valence-electron chi connectivity index (χ1n) is 7.61. The molecule has 1 aromatic carbocycles. The van der Waals surface area contributed by atoms with Gasteiger partial charge in [0, 0.05) is 11.6 Å². The summed E-state index contributed by atoms with van der Waals surface area (Å²) in [6, 6.07) is 4.09. The minimum Gasteiger partial charge on any atom is -0.493 e. The van der Waals surface area contributed by atoms with Gasteiger partial charge in [0.25, 0.3) is 0 Å². The quantitative estimate of drug-likeness (QED) is 0.833. The molecule has 0 spiro atoms. The highest BCUT2D eigenvalue weighted by Gasteiger charge is 2.23. The Bertz CT molecular complexity index is 689. The van der Waals surface area contributed by atoms with Gasteiger partial charge in [0.2, 0.25) is 11.7 Å². The second kappa shape index (κ2) is 6.76. The molecule has 23 heavy (non-hydrogen) atoms. The fourth-order valence-corrected chi connectivity index (χ4v) is 3.17. The van der Waals surface area contributed by atoms with E-state index in [0.717, 1.165) is 12.1 Å². The molecule has 1 aliphatic heterocycles. The minimum absolute atomic E-state index is 0.446. The van der Waals surface area contributed by atoms with Crippen LogP contribution < -0.4 is 9.47 Å². The molecule has 124 valence electrons. The first-order valence-corrected chi connectivity index (χ1v) is 7.98. The van der Waals surface area contributed by atoms with Crippen LogP contribution in [0.3, 0.4) is 0 Å². The zero-order valence-corrected chi connectivity index (χ0v) is 14.3. The monoisotopic (exact) mass is 337 g/mol. The summed E-state index contributed by atoms with van der Waals surface area (Å²) >= 11 is 6.23. The molecular formula is C16H20ClN3O3. The molecule has 0 N–H and O–H groups in total. The number of aromatic nitrogens is 2. The van der Waals surface area contributed by atoms with E-state index in [-0.39, 0.29) is 0 Å². The van der Waals surface area contributed by atoms with Crippen LogP contribution in [0.25, 0.3) is 11.4 Å². The molecule has 0 amide bonds. The van der Waals surface area contributed by atoms with E-state index >= 15 is 0 Å². The minimum atomic E-state index is 0.446. The smallest absolute Gasteiger partial charge is 0.241 e. The normalized spacial score (nSPS) is 18.3. The van der Waals surface area contributed by atoms with Gasteiger partial charge in [0.05, 0.1) is 25.8 Å². The zero-order valence-electron chi connectivity index (χ0n) is 13.5. The predicted octanol–water partition coefficient (Wildman–Crippen LogP) is 3.39. The molecular weight excluding hydrogens is 318 g/mol. The Hall–Kier alpha value is -1.79. The average Bonchev–Trinajstić information content (AvgIpc) is 3.16. The highest BCUT2D eigenvalue weighted by Crippen LogP contribution is 2.38. The lowest BCUT2D eigenvalue weighted by Crippen LogP contribution is -2.26. The molecule has 0 saturated carbocycles. The van der Waals surface area contributed by atoms with Crippen molar-refractivity contribution in [1.29, 1.82) is 0 Å². The maximum Gasteiger partial charge on any atom is 0.241 e. The van der Waals surface area contributed by atoms with E-state index in [1.807, 2.05) is 0 Å². The van der Waals surface area contributed by atoms with Crippen LogP contribution >= 0.6 is 11.6 Å². The number of hydrogen-bond donors (Lipinski definition) is 0. The molecule has 1 atom stereocenters. The number of hydrogen-bond acceptors (Lipinski definition) is 6. The Morgan fingerprint density at radius 1 is 1.35 bits per heavy atom. The van der Waals surface area contributed by atoms with Gasteiger partial charge in [0.1, 0.15) is 0 Å². The summed E-state index contributed by atoms with van der Waals surface area (Å²) in [4.78, 5) is 6.82. The highest BCUT2D eigenvalue weighted by atomic mass is 35.5. The van der Waals surface area contributed by atoms with Crippen molar-refractivity contribution in [3.05, 3.63) is 23.0 Å². The zero-order chi connectivity index (χ0) is 16.4. The van der Waals surface area contributed by atoms with Crippen LogP contribution in [0.1, 0.15) is 25.7 Å². The van der Waals surface area contributed by atoms with Crippen molar-refractivity contribution >= 4 is 11.6 Å². The molecule has 2 heterocycles. The van der Waals surface area contributed by atoms with Crippen molar-refractivity contribution < 1.29 is 14.0 Å². The van der Waals surface area contributed by atoms with E-state index < -0.39 is 0 Å². The summed E-state index contributed by atoms with van der Waals surface area (Å²) < 4.78 is 15.9. The fourth-order valence-electron chi connectivity index (χ4n) is 2.88. The second-order valence-corrected chi connectivity index (χ2v) is 6.07. The van der Waals surface area contributed by atoms with Crippen molar-refractivity contribution in [2.45, 2.75) is 32.4 Å². The number of halogens is 1. The van der Waals surface area contributed by atoms with Gasteiger partial charge in [-0.25, -0.2) is 0 Å². The molecule has 0 radical (unpaired) electrons. The van der Waals surface area contributed by atoms with Gasteiger partial charge >= 0.3 is 0 Å². The summed E-state index contributed by atoms with van der Waals surface area (Å²) in [6.45, 7) is 3.97. The van der Waals surface area contributed by atoms with E-state index in [1.54, 1.807) is 26.4 Å². The number of likely N-dealkylation sites (tertiary alicyclic amines) is 1.